The second-order valence-corrected chi connectivity index (χ2v) is 8.40. The Kier molecular flexibility index (Phi) is 7.01. The van der Waals surface area contributed by atoms with Gasteiger partial charge in [0.15, 0.2) is 11.6 Å². The van der Waals surface area contributed by atoms with Crippen LogP contribution >= 0.6 is 0 Å². The van der Waals surface area contributed by atoms with E-state index in [-0.39, 0.29) is 29.2 Å². The molecule has 0 spiro atoms. The fourth-order valence-corrected chi connectivity index (χ4v) is 4.25. The van der Waals surface area contributed by atoms with E-state index in [1.54, 1.807) is 36.4 Å². The van der Waals surface area contributed by atoms with Gasteiger partial charge in [-0.05, 0) is 67.6 Å². The standard InChI is InChI=1S/C16H14F2O.C11H12O4/c1-10-5-6-14(18)16(9-10)19-15-8-7-13(17)11-3-2-4-12(11)15;1-14-11(13)4-7-6-15-10-5-8(12)2-3-9(7)10/h5-9H,2-4H2,1H3;2-3,5,7,12H,4,6H2,1H3. The highest BCUT2D eigenvalue weighted by Gasteiger charge is 2.27. The number of benzene rings is 3. The van der Waals surface area contributed by atoms with E-state index in [9.17, 15) is 18.7 Å². The first-order valence-electron chi connectivity index (χ1n) is 11.1. The number of esters is 1. The van der Waals surface area contributed by atoms with Crippen molar-refractivity contribution < 1.29 is 32.9 Å². The van der Waals surface area contributed by atoms with Crippen LogP contribution in [0.3, 0.4) is 0 Å². The molecular weight excluding hydrogens is 442 g/mol. The predicted molar refractivity (Wildman–Crippen MR) is 123 cm³/mol. The molecule has 7 heteroatoms. The number of carbonyl (C=O) groups excluding carboxylic acids is 1. The molecule has 34 heavy (non-hydrogen) atoms. The summed E-state index contributed by atoms with van der Waals surface area (Å²) < 4.78 is 42.9. The molecule has 3 aromatic rings. The lowest BCUT2D eigenvalue weighted by Gasteiger charge is -2.12. The zero-order valence-corrected chi connectivity index (χ0v) is 19.1. The maximum absolute atomic E-state index is 13.7. The van der Waals surface area contributed by atoms with E-state index in [1.807, 2.05) is 6.92 Å². The van der Waals surface area contributed by atoms with Crippen LogP contribution in [0, 0.1) is 18.6 Å². The molecule has 2 aliphatic rings. The summed E-state index contributed by atoms with van der Waals surface area (Å²) >= 11 is 0. The number of fused-ring (bicyclic) bond motifs is 2. The van der Waals surface area contributed by atoms with Crippen molar-refractivity contribution in [1.29, 1.82) is 0 Å². The number of carbonyl (C=O) groups is 1. The molecule has 1 N–H and O–H groups in total. The molecule has 1 atom stereocenters. The molecule has 0 bridgehead atoms. The average Bonchev–Trinajstić information content (AvgIpc) is 3.46. The number of ether oxygens (including phenoxy) is 3. The summed E-state index contributed by atoms with van der Waals surface area (Å²) in [5.74, 6) is 0.791. The van der Waals surface area contributed by atoms with Gasteiger partial charge in [-0.25, -0.2) is 8.78 Å². The third kappa shape index (κ3) is 5.14. The molecule has 178 valence electrons. The number of methoxy groups -OCH3 is 1. The van der Waals surface area contributed by atoms with Crippen LogP contribution in [0.25, 0.3) is 0 Å². The maximum atomic E-state index is 13.7. The Labute approximate surface area is 196 Å². The van der Waals surface area contributed by atoms with Gasteiger partial charge in [-0.2, -0.15) is 0 Å². The normalized spacial score (nSPS) is 15.5. The van der Waals surface area contributed by atoms with Crippen molar-refractivity contribution in [3.05, 3.63) is 82.4 Å². The number of phenols is 1. The first-order chi connectivity index (χ1) is 16.4. The van der Waals surface area contributed by atoms with Crippen LogP contribution in [0.1, 0.15) is 41.0 Å². The zero-order valence-electron chi connectivity index (χ0n) is 19.1. The zero-order chi connectivity index (χ0) is 24.2. The van der Waals surface area contributed by atoms with Crippen molar-refractivity contribution in [2.75, 3.05) is 13.7 Å². The highest BCUT2D eigenvalue weighted by atomic mass is 19.1. The van der Waals surface area contributed by atoms with E-state index in [0.29, 0.717) is 30.1 Å². The molecule has 0 aromatic heterocycles. The van der Waals surface area contributed by atoms with Crippen LogP contribution < -0.4 is 9.47 Å². The van der Waals surface area contributed by atoms with E-state index in [4.69, 9.17) is 9.47 Å². The number of phenolic OH excluding ortho intramolecular Hbond substituents is 1. The number of aromatic hydroxyl groups is 1. The summed E-state index contributed by atoms with van der Waals surface area (Å²) in [6.07, 6.45) is 2.75. The molecule has 3 aromatic carbocycles. The molecule has 0 saturated heterocycles. The van der Waals surface area contributed by atoms with Crippen molar-refractivity contribution in [2.45, 2.75) is 38.5 Å². The third-order valence-corrected chi connectivity index (χ3v) is 6.01. The van der Waals surface area contributed by atoms with Gasteiger partial charge < -0.3 is 19.3 Å². The second-order valence-electron chi connectivity index (χ2n) is 8.40. The Balaban J connectivity index is 0.000000166. The molecule has 1 aliphatic carbocycles. The molecule has 1 aliphatic heterocycles. The van der Waals surface area contributed by atoms with Crippen LogP contribution in [0.2, 0.25) is 0 Å². The Morgan fingerprint density at radius 2 is 1.79 bits per heavy atom. The highest BCUT2D eigenvalue weighted by molar-refractivity contribution is 5.71. The van der Waals surface area contributed by atoms with E-state index in [1.165, 1.54) is 19.2 Å². The third-order valence-electron chi connectivity index (χ3n) is 6.01. The summed E-state index contributed by atoms with van der Waals surface area (Å²) in [6, 6.07) is 12.6. The van der Waals surface area contributed by atoms with Crippen molar-refractivity contribution >= 4 is 5.97 Å². The van der Waals surface area contributed by atoms with Gasteiger partial charge in [0.2, 0.25) is 0 Å². The number of aryl methyl sites for hydroxylation is 1. The minimum Gasteiger partial charge on any atom is -0.508 e. The minimum atomic E-state index is -0.401. The van der Waals surface area contributed by atoms with Gasteiger partial charge in [0.1, 0.15) is 23.1 Å². The number of hydrogen-bond donors (Lipinski definition) is 1. The summed E-state index contributed by atoms with van der Waals surface area (Å²) in [6.45, 7) is 2.34. The summed E-state index contributed by atoms with van der Waals surface area (Å²) in [5, 5.41) is 9.24. The first-order valence-corrected chi connectivity index (χ1v) is 11.1. The van der Waals surface area contributed by atoms with Gasteiger partial charge in [0.25, 0.3) is 0 Å². The Bertz CT molecular complexity index is 1210. The maximum Gasteiger partial charge on any atom is 0.306 e. The van der Waals surface area contributed by atoms with Gasteiger partial charge in [0.05, 0.1) is 20.1 Å². The van der Waals surface area contributed by atoms with E-state index in [2.05, 4.69) is 4.74 Å². The van der Waals surface area contributed by atoms with E-state index in [0.717, 1.165) is 36.0 Å². The van der Waals surface area contributed by atoms with Gasteiger partial charge in [-0.3, -0.25) is 4.79 Å². The van der Waals surface area contributed by atoms with Gasteiger partial charge in [-0.1, -0.05) is 12.1 Å². The lowest BCUT2D eigenvalue weighted by Crippen LogP contribution is -2.09. The molecule has 1 heterocycles. The Morgan fingerprint density at radius 1 is 1.03 bits per heavy atom. The van der Waals surface area contributed by atoms with E-state index < -0.39 is 5.82 Å². The second kappa shape index (κ2) is 10.1. The molecule has 0 radical (unpaired) electrons. The minimum absolute atomic E-state index is 0.0352. The topological polar surface area (TPSA) is 65.0 Å². The molecular formula is C27H26F2O5. The molecule has 5 rings (SSSR count). The van der Waals surface area contributed by atoms with Gasteiger partial charge in [-0.15, -0.1) is 0 Å². The van der Waals surface area contributed by atoms with Gasteiger partial charge >= 0.3 is 5.97 Å². The monoisotopic (exact) mass is 468 g/mol. The molecule has 0 saturated carbocycles. The number of hydrogen-bond acceptors (Lipinski definition) is 5. The summed E-state index contributed by atoms with van der Waals surface area (Å²) in [4.78, 5) is 11.1. The van der Waals surface area contributed by atoms with Crippen molar-refractivity contribution in [3.63, 3.8) is 0 Å². The van der Waals surface area contributed by atoms with Gasteiger partial charge in [0, 0.05) is 23.1 Å². The average molecular weight is 468 g/mol. The van der Waals surface area contributed by atoms with Crippen LogP contribution in [0.5, 0.6) is 23.0 Å². The van der Waals surface area contributed by atoms with Crippen LogP contribution in [-0.4, -0.2) is 24.8 Å². The summed E-state index contributed by atoms with van der Waals surface area (Å²) in [7, 11) is 1.37. The lowest BCUT2D eigenvalue weighted by molar-refractivity contribution is -0.141. The molecule has 5 nitrogen and oxygen atoms in total. The van der Waals surface area contributed by atoms with Crippen molar-refractivity contribution in [3.8, 4) is 23.0 Å². The van der Waals surface area contributed by atoms with Crippen LogP contribution in [0.15, 0.2) is 48.5 Å². The van der Waals surface area contributed by atoms with Crippen molar-refractivity contribution in [1.82, 2.24) is 0 Å². The quantitative estimate of drug-likeness (QED) is 0.477. The Morgan fingerprint density at radius 3 is 2.59 bits per heavy atom. The summed E-state index contributed by atoms with van der Waals surface area (Å²) in [5.41, 5.74) is 3.47. The lowest BCUT2D eigenvalue weighted by atomic mass is 9.98. The Hall–Kier alpha value is -3.61. The largest absolute Gasteiger partial charge is 0.508 e. The highest BCUT2D eigenvalue weighted by Crippen LogP contribution is 2.38. The number of rotatable bonds is 4. The molecule has 0 amide bonds. The van der Waals surface area contributed by atoms with Crippen LogP contribution in [-0.2, 0) is 22.4 Å². The SMILES string of the molecule is COC(=O)CC1COc2cc(O)ccc21.Cc1ccc(F)c(Oc2ccc(F)c3c2CCC3)c1. The van der Waals surface area contributed by atoms with Crippen molar-refractivity contribution in [2.24, 2.45) is 0 Å². The van der Waals surface area contributed by atoms with Crippen LogP contribution in [0.4, 0.5) is 8.78 Å². The smallest absolute Gasteiger partial charge is 0.306 e. The number of halogens is 2. The molecule has 1 unspecified atom stereocenters. The first kappa shape index (κ1) is 23.5. The van der Waals surface area contributed by atoms with E-state index >= 15 is 0 Å². The molecule has 0 fully saturated rings. The fraction of sp³-hybridized carbons (Fsp3) is 0.296. The fourth-order valence-electron chi connectivity index (χ4n) is 4.25. The predicted octanol–water partition coefficient (Wildman–Crippen LogP) is 5.99.